The standard InChI is InChI=1S/C16H19ClO/c1-13-12-15(4-2-3-10-17)7-8-16(13)18-11-9-14-5-6-14/h7-8,12,14H,3,5-6,9-11H2,1H3. The molecule has 0 bridgehead atoms. The molecule has 0 heterocycles. The molecule has 0 unspecified atom stereocenters. The topological polar surface area (TPSA) is 9.23 Å². The second kappa shape index (κ2) is 6.71. The van der Waals surface area contributed by atoms with Gasteiger partial charge in [0.05, 0.1) is 6.61 Å². The summed E-state index contributed by atoms with van der Waals surface area (Å²) in [5.41, 5.74) is 2.19. The average Bonchev–Trinajstić information content (AvgIpc) is 3.16. The van der Waals surface area contributed by atoms with Crippen LogP contribution >= 0.6 is 11.6 Å². The van der Waals surface area contributed by atoms with E-state index in [-0.39, 0.29) is 0 Å². The Labute approximate surface area is 114 Å². The number of rotatable bonds is 5. The molecule has 1 aliphatic rings. The summed E-state index contributed by atoms with van der Waals surface area (Å²) in [5, 5.41) is 0. The van der Waals surface area contributed by atoms with Crippen LogP contribution in [0, 0.1) is 24.7 Å². The van der Waals surface area contributed by atoms with Crippen LogP contribution in [-0.4, -0.2) is 12.5 Å². The Morgan fingerprint density at radius 3 is 2.89 bits per heavy atom. The summed E-state index contributed by atoms with van der Waals surface area (Å²) in [6, 6.07) is 6.11. The largest absolute Gasteiger partial charge is 0.493 e. The Hall–Kier alpha value is -1.13. The van der Waals surface area contributed by atoms with Crippen molar-refractivity contribution in [3.63, 3.8) is 0 Å². The first kappa shape index (κ1) is 13.3. The third-order valence-corrected chi connectivity index (χ3v) is 3.30. The third kappa shape index (κ3) is 4.27. The molecule has 1 aromatic carbocycles. The molecule has 1 aromatic rings. The molecule has 1 fully saturated rings. The normalized spacial score (nSPS) is 13.9. The summed E-state index contributed by atoms with van der Waals surface area (Å²) >= 11 is 5.59. The fourth-order valence-electron chi connectivity index (χ4n) is 1.84. The van der Waals surface area contributed by atoms with Gasteiger partial charge in [0.15, 0.2) is 0 Å². The van der Waals surface area contributed by atoms with Crippen LogP contribution in [0.25, 0.3) is 0 Å². The van der Waals surface area contributed by atoms with Crippen molar-refractivity contribution in [2.24, 2.45) is 5.92 Å². The maximum absolute atomic E-state index is 5.80. The van der Waals surface area contributed by atoms with E-state index in [0.29, 0.717) is 5.88 Å². The van der Waals surface area contributed by atoms with Crippen LogP contribution in [-0.2, 0) is 0 Å². The van der Waals surface area contributed by atoms with Crippen LogP contribution in [0.15, 0.2) is 18.2 Å². The van der Waals surface area contributed by atoms with Crippen LogP contribution in [0.3, 0.4) is 0 Å². The van der Waals surface area contributed by atoms with Gasteiger partial charge in [0.25, 0.3) is 0 Å². The molecule has 0 atom stereocenters. The zero-order valence-electron chi connectivity index (χ0n) is 10.8. The van der Waals surface area contributed by atoms with Gasteiger partial charge in [-0.1, -0.05) is 24.7 Å². The minimum absolute atomic E-state index is 0.592. The number of ether oxygens (including phenoxy) is 1. The van der Waals surface area contributed by atoms with E-state index in [1.54, 1.807) is 0 Å². The van der Waals surface area contributed by atoms with Crippen LogP contribution in [0.5, 0.6) is 5.75 Å². The highest BCUT2D eigenvalue weighted by atomic mass is 35.5. The molecule has 0 aliphatic heterocycles. The maximum atomic E-state index is 5.80. The van der Waals surface area contributed by atoms with Crippen molar-refractivity contribution >= 4 is 11.6 Å². The molecule has 0 radical (unpaired) electrons. The summed E-state index contributed by atoms with van der Waals surface area (Å²) in [5.74, 6) is 8.65. The predicted octanol–water partition coefficient (Wildman–Crippen LogP) is 4.15. The van der Waals surface area contributed by atoms with Crippen molar-refractivity contribution in [2.75, 3.05) is 12.5 Å². The first-order valence-corrected chi connectivity index (χ1v) is 7.11. The molecule has 96 valence electrons. The van der Waals surface area contributed by atoms with Gasteiger partial charge in [-0.25, -0.2) is 0 Å². The van der Waals surface area contributed by atoms with E-state index in [0.717, 1.165) is 35.8 Å². The van der Waals surface area contributed by atoms with Crippen molar-refractivity contribution in [2.45, 2.75) is 32.6 Å². The third-order valence-electron chi connectivity index (χ3n) is 3.11. The van der Waals surface area contributed by atoms with E-state index in [9.17, 15) is 0 Å². The average molecular weight is 263 g/mol. The van der Waals surface area contributed by atoms with Crippen molar-refractivity contribution in [1.29, 1.82) is 0 Å². The van der Waals surface area contributed by atoms with E-state index < -0.39 is 0 Å². The number of aryl methyl sites for hydroxylation is 1. The first-order chi connectivity index (χ1) is 8.79. The lowest BCUT2D eigenvalue weighted by Gasteiger charge is -2.08. The number of benzene rings is 1. The molecule has 0 saturated heterocycles. The first-order valence-electron chi connectivity index (χ1n) is 6.58. The van der Waals surface area contributed by atoms with Crippen molar-refractivity contribution in [3.05, 3.63) is 29.3 Å². The van der Waals surface area contributed by atoms with Gasteiger partial charge in [0.2, 0.25) is 0 Å². The molecule has 18 heavy (non-hydrogen) atoms. The van der Waals surface area contributed by atoms with E-state index in [2.05, 4.69) is 24.8 Å². The predicted molar refractivity (Wildman–Crippen MR) is 76.2 cm³/mol. The number of alkyl halides is 1. The second-order valence-corrected chi connectivity index (χ2v) is 5.18. The Morgan fingerprint density at radius 1 is 1.39 bits per heavy atom. The minimum Gasteiger partial charge on any atom is -0.493 e. The molecule has 1 aliphatic carbocycles. The van der Waals surface area contributed by atoms with Gasteiger partial charge in [-0.3, -0.25) is 0 Å². The molecule has 2 rings (SSSR count). The van der Waals surface area contributed by atoms with Gasteiger partial charge in [0, 0.05) is 17.9 Å². The Morgan fingerprint density at radius 2 is 2.22 bits per heavy atom. The highest BCUT2D eigenvalue weighted by Crippen LogP contribution is 2.32. The molecular formula is C16H19ClO. The number of halogens is 1. The van der Waals surface area contributed by atoms with Gasteiger partial charge in [0.1, 0.15) is 5.75 Å². The van der Waals surface area contributed by atoms with Gasteiger partial charge in [-0.2, -0.15) is 0 Å². The number of hydrogen-bond acceptors (Lipinski definition) is 1. The molecule has 0 N–H and O–H groups in total. The van der Waals surface area contributed by atoms with Crippen LogP contribution < -0.4 is 4.74 Å². The summed E-state index contributed by atoms with van der Waals surface area (Å²) in [7, 11) is 0. The van der Waals surface area contributed by atoms with Gasteiger partial charge in [-0.05, 0) is 43.0 Å². The Bertz CT molecular complexity index is 452. The Balaban J connectivity index is 1.89. The number of hydrogen-bond donors (Lipinski definition) is 0. The van der Waals surface area contributed by atoms with Gasteiger partial charge in [-0.15, -0.1) is 11.6 Å². The summed E-state index contributed by atoms with van der Waals surface area (Å²) < 4.78 is 5.80. The highest BCUT2D eigenvalue weighted by Gasteiger charge is 2.20. The lowest BCUT2D eigenvalue weighted by molar-refractivity contribution is 0.300. The van der Waals surface area contributed by atoms with E-state index in [1.807, 2.05) is 12.1 Å². The lowest BCUT2D eigenvalue weighted by Crippen LogP contribution is -1.99. The Kier molecular flexibility index (Phi) is 4.96. The van der Waals surface area contributed by atoms with Crippen molar-refractivity contribution < 1.29 is 4.74 Å². The van der Waals surface area contributed by atoms with E-state index in [1.165, 1.54) is 19.3 Å². The fourth-order valence-corrected chi connectivity index (χ4v) is 1.94. The molecular weight excluding hydrogens is 244 g/mol. The molecule has 0 aromatic heterocycles. The molecule has 1 saturated carbocycles. The molecule has 1 nitrogen and oxygen atoms in total. The maximum Gasteiger partial charge on any atom is 0.122 e. The van der Waals surface area contributed by atoms with Crippen LogP contribution in [0.4, 0.5) is 0 Å². The zero-order valence-corrected chi connectivity index (χ0v) is 11.6. The highest BCUT2D eigenvalue weighted by molar-refractivity contribution is 6.18. The van der Waals surface area contributed by atoms with Crippen molar-refractivity contribution in [3.8, 4) is 17.6 Å². The monoisotopic (exact) mass is 262 g/mol. The SMILES string of the molecule is Cc1cc(C#CCCCl)ccc1OCCC1CC1. The molecule has 0 amide bonds. The lowest BCUT2D eigenvalue weighted by atomic mass is 10.1. The second-order valence-electron chi connectivity index (χ2n) is 4.80. The smallest absolute Gasteiger partial charge is 0.122 e. The van der Waals surface area contributed by atoms with Crippen LogP contribution in [0.2, 0.25) is 0 Å². The zero-order chi connectivity index (χ0) is 12.8. The molecule has 0 spiro atoms. The van der Waals surface area contributed by atoms with Crippen molar-refractivity contribution in [1.82, 2.24) is 0 Å². The minimum atomic E-state index is 0.592. The summed E-state index contributed by atoms with van der Waals surface area (Å²) in [4.78, 5) is 0. The summed E-state index contributed by atoms with van der Waals surface area (Å²) in [6.45, 7) is 2.90. The summed E-state index contributed by atoms with van der Waals surface area (Å²) in [6.07, 6.45) is 4.70. The van der Waals surface area contributed by atoms with Gasteiger partial charge < -0.3 is 4.74 Å². The fraction of sp³-hybridized carbons (Fsp3) is 0.500. The van der Waals surface area contributed by atoms with Crippen LogP contribution in [0.1, 0.15) is 36.8 Å². The van der Waals surface area contributed by atoms with E-state index in [4.69, 9.17) is 16.3 Å². The quantitative estimate of drug-likeness (QED) is 0.572. The molecule has 2 heteroatoms. The van der Waals surface area contributed by atoms with Gasteiger partial charge >= 0.3 is 0 Å². The van der Waals surface area contributed by atoms with E-state index >= 15 is 0 Å².